The zero-order chi connectivity index (χ0) is 15.2. The van der Waals surface area contributed by atoms with Crippen LogP contribution >= 0.6 is 0 Å². The van der Waals surface area contributed by atoms with Crippen LogP contribution in [0.2, 0.25) is 0 Å². The van der Waals surface area contributed by atoms with Crippen molar-refractivity contribution in [3.8, 4) is 5.75 Å². The highest BCUT2D eigenvalue weighted by molar-refractivity contribution is 5.53. The average Bonchev–Trinajstić information content (AvgIpc) is 2.53. The van der Waals surface area contributed by atoms with Gasteiger partial charge in [-0.15, -0.1) is 0 Å². The van der Waals surface area contributed by atoms with E-state index in [1.807, 2.05) is 36.4 Å². The molecular formula is C18H23NO2. The molecule has 3 heteroatoms. The Balaban J connectivity index is 2.16. The molecule has 2 aromatic carbocycles. The minimum absolute atomic E-state index is 0.542. The third-order valence-electron chi connectivity index (χ3n) is 3.71. The highest BCUT2D eigenvalue weighted by atomic mass is 16.5. The highest BCUT2D eigenvalue weighted by Gasteiger charge is 2.14. The van der Waals surface area contributed by atoms with Crippen LogP contribution in [0.3, 0.4) is 0 Å². The van der Waals surface area contributed by atoms with E-state index < -0.39 is 6.10 Å². The Kier molecular flexibility index (Phi) is 5.23. The second-order valence-corrected chi connectivity index (χ2v) is 5.12. The van der Waals surface area contributed by atoms with E-state index in [0.29, 0.717) is 6.54 Å². The SMILES string of the molecule is CCN(CC(O)c1cccc(OC)c1)c1ccccc1C. The van der Waals surface area contributed by atoms with Gasteiger partial charge in [-0.2, -0.15) is 0 Å². The molecular weight excluding hydrogens is 262 g/mol. The number of rotatable bonds is 6. The topological polar surface area (TPSA) is 32.7 Å². The molecule has 0 aromatic heterocycles. The molecule has 0 saturated carbocycles. The largest absolute Gasteiger partial charge is 0.497 e. The van der Waals surface area contributed by atoms with Gasteiger partial charge in [-0.05, 0) is 43.2 Å². The van der Waals surface area contributed by atoms with Crippen molar-refractivity contribution in [2.45, 2.75) is 20.0 Å². The van der Waals surface area contributed by atoms with E-state index in [4.69, 9.17) is 4.74 Å². The van der Waals surface area contributed by atoms with Gasteiger partial charge < -0.3 is 14.7 Å². The van der Waals surface area contributed by atoms with Crippen LogP contribution in [-0.2, 0) is 0 Å². The van der Waals surface area contributed by atoms with Gasteiger partial charge in [-0.3, -0.25) is 0 Å². The fourth-order valence-electron chi connectivity index (χ4n) is 2.48. The maximum Gasteiger partial charge on any atom is 0.119 e. The van der Waals surface area contributed by atoms with E-state index in [9.17, 15) is 5.11 Å². The van der Waals surface area contributed by atoms with Gasteiger partial charge in [0.1, 0.15) is 5.75 Å². The maximum absolute atomic E-state index is 10.5. The molecule has 0 amide bonds. The van der Waals surface area contributed by atoms with E-state index in [-0.39, 0.29) is 0 Å². The third-order valence-corrected chi connectivity index (χ3v) is 3.71. The van der Waals surface area contributed by atoms with Crippen LogP contribution in [0.1, 0.15) is 24.2 Å². The number of ether oxygens (including phenoxy) is 1. The van der Waals surface area contributed by atoms with E-state index in [1.165, 1.54) is 11.3 Å². The number of aliphatic hydroxyl groups excluding tert-OH is 1. The number of aryl methyl sites for hydroxylation is 1. The normalized spacial score (nSPS) is 12.0. The smallest absolute Gasteiger partial charge is 0.119 e. The number of hydrogen-bond donors (Lipinski definition) is 1. The predicted molar refractivity (Wildman–Crippen MR) is 87.0 cm³/mol. The number of anilines is 1. The summed E-state index contributed by atoms with van der Waals surface area (Å²) in [4.78, 5) is 2.19. The second-order valence-electron chi connectivity index (χ2n) is 5.12. The molecule has 0 fully saturated rings. The van der Waals surface area contributed by atoms with Crippen LogP contribution in [0.5, 0.6) is 5.75 Å². The summed E-state index contributed by atoms with van der Waals surface area (Å²) >= 11 is 0. The maximum atomic E-state index is 10.5. The molecule has 2 rings (SSSR count). The molecule has 1 atom stereocenters. The number of para-hydroxylation sites is 1. The summed E-state index contributed by atoms with van der Waals surface area (Å²) in [5, 5.41) is 10.5. The third kappa shape index (κ3) is 3.76. The van der Waals surface area contributed by atoms with Crippen molar-refractivity contribution in [3.63, 3.8) is 0 Å². The lowest BCUT2D eigenvalue weighted by molar-refractivity contribution is 0.183. The summed E-state index contributed by atoms with van der Waals surface area (Å²) in [6.45, 7) is 5.61. The lowest BCUT2D eigenvalue weighted by Crippen LogP contribution is -2.28. The van der Waals surface area contributed by atoms with Gasteiger partial charge in [0.05, 0.1) is 13.2 Å². The van der Waals surface area contributed by atoms with Crippen LogP contribution in [0, 0.1) is 6.92 Å². The summed E-state index contributed by atoms with van der Waals surface area (Å²) in [6, 6.07) is 15.9. The van der Waals surface area contributed by atoms with Gasteiger partial charge in [0.25, 0.3) is 0 Å². The Labute approximate surface area is 126 Å². The Morgan fingerprint density at radius 1 is 1.14 bits per heavy atom. The molecule has 2 aromatic rings. The number of nitrogens with zero attached hydrogens (tertiary/aromatic N) is 1. The Hall–Kier alpha value is -2.00. The Bertz CT molecular complexity index is 583. The molecule has 1 N–H and O–H groups in total. The predicted octanol–water partition coefficient (Wildman–Crippen LogP) is 3.56. The Morgan fingerprint density at radius 3 is 2.57 bits per heavy atom. The van der Waals surface area contributed by atoms with Crippen molar-refractivity contribution in [3.05, 3.63) is 59.7 Å². The van der Waals surface area contributed by atoms with Crippen molar-refractivity contribution in [1.82, 2.24) is 0 Å². The van der Waals surface area contributed by atoms with Crippen molar-refractivity contribution in [2.24, 2.45) is 0 Å². The molecule has 0 saturated heterocycles. The van der Waals surface area contributed by atoms with Gasteiger partial charge in [-0.25, -0.2) is 0 Å². The quantitative estimate of drug-likeness (QED) is 0.881. The monoisotopic (exact) mass is 285 g/mol. The van der Waals surface area contributed by atoms with Gasteiger partial charge in [0.15, 0.2) is 0 Å². The van der Waals surface area contributed by atoms with Crippen molar-refractivity contribution in [1.29, 1.82) is 0 Å². The zero-order valence-electron chi connectivity index (χ0n) is 12.9. The van der Waals surface area contributed by atoms with E-state index in [1.54, 1.807) is 7.11 Å². The number of aliphatic hydroxyl groups is 1. The van der Waals surface area contributed by atoms with E-state index in [0.717, 1.165) is 17.9 Å². The van der Waals surface area contributed by atoms with Gasteiger partial charge in [0.2, 0.25) is 0 Å². The first-order valence-corrected chi connectivity index (χ1v) is 7.28. The summed E-state index contributed by atoms with van der Waals surface area (Å²) in [7, 11) is 1.64. The van der Waals surface area contributed by atoms with Crippen molar-refractivity contribution < 1.29 is 9.84 Å². The van der Waals surface area contributed by atoms with Crippen LogP contribution in [-0.4, -0.2) is 25.3 Å². The Morgan fingerprint density at radius 2 is 1.90 bits per heavy atom. The number of benzene rings is 2. The first-order valence-electron chi connectivity index (χ1n) is 7.28. The number of hydrogen-bond acceptors (Lipinski definition) is 3. The number of methoxy groups -OCH3 is 1. The first kappa shape index (κ1) is 15.4. The standard InChI is InChI=1S/C18H23NO2/c1-4-19(17-11-6-5-8-14(17)2)13-18(20)15-9-7-10-16(12-15)21-3/h5-12,18,20H,4,13H2,1-3H3. The molecule has 0 radical (unpaired) electrons. The van der Waals surface area contributed by atoms with Crippen LogP contribution in [0.25, 0.3) is 0 Å². The fraction of sp³-hybridized carbons (Fsp3) is 0.333. The van der Waals surface area contributed by atoms with Gasteiger partial charge in [0, 0.05) is 18.8 Å². The summed E-state index contributed by atoms with van der Waals surface area (Å²) < 4.78 is 5.22. The molecule has 0 aliphatic heterocycles. The van der Waals surface area contributed by atoms with Crippen LogP contribution < -0.4 is 9.64 Å². The fourth-order valence-corrected chi connectivity index (χ4v) is 2.48. The molecule has 21 heavy (non-hydrogen) atoms. The first-order chi connectivity index (χ1) is 10.2. The summed E-state index contributed by atoms with van der Waals surface area (Å²) in [5.41, 5.74) is 3.26. The minimum Gasteiger partial charge on any atom is -0.497 e. The number of likely N-dealkylation sites (N-methyl/N-ethyl adjacent to an activating group) is 1. The molecule has 3 nitrogen and oxygen atoms in total. The van der Waals surface area contributed by atoms with Gasteiger partial charge in [-0.1, -0.05) is 30.3 Å². The van der Waals surface area contributed by atoms with E-state index in [2.05, 4.69) is 30.9 Å². The molecule has 0 bridgehead atoms. The summed E-state index contributed by atoms with van der Waals surface area (Å²) in [6.07, 6.45) is -0.542. The molecule has 0 spiro atoms. The summed E-state index contributed by atoms with van der Waals surface area (Å²) in [5.74, 6) is 0.769. The molecule has 0 heterocycles. The van der Waals surface area contributed by atoms with Crippen molar-refractivity contribution in [2.75, 3.05) is 25.1 Å². The van der Waals surface area contributed by atoms with Crippen LogP contribution in [0.4, 0.5) is 5.69 Å². The second kappa shape index (κ2) is 7.14. The van der Waals surface area contributed by atoms with Gasteiger partial charge >= 0.3 is 0 Å². The lowest BCUT2D eigenvalue weighted by atomic mass is 10.1. The highest BCUT2D eigenvalue weighted by Crippen LogP contribution is 2.24. The molecule has 0 aliphatic carbocycles. The zero-order valence-corrected chi connectivity index (χ0v) is 12.9. The van der Waals surface area contributed by atoms with Crippen LogP contribution in [0.15, 0.2) is 48.5 Å². The average molecular weight is 285 g/mol. The molecule has 0 aliphatic rings. The lowest BCUT2D eigenvalue weighted by Gasteiger charge is -2.27. The molecule has 112 valence electrons. The van der Waals surface area contributed by atoms with E-state index >= 15 is 0 Å². The minimum atomic E-state index is -0.542. The molecule has 1 unspecified atom stereocenters. The van der Waals surface area contributed by atoms with Crippen molar-refractivity contribution >= 4 is 5.69 Å².